The number of rotatable bonds is 3. The van der Waals surface area contributed by atoms with Crippen LogP contribution in [0.3, 0.4) is 0 Å². The summed E-state index contributed by atoms with van der Waals surface area (Å²) in [4.78, 5) is 0. The van der Waals surface area contributed by atoms with E-state index in [4.69, 9.17) is 14.7 Å². The summed E-state index contributed by atoms with van der Waals surface area (Å²) in [5.74, 6) is 0. The largest absolute Gasteiger partial charge is 0.411 e. The number of hydrogen-bond donors (Lipinski definition) is 1. The van der Waals surface area contributed by atoms with Crippen LogP contribution in [0.5, 0.6) is 0 Å². The zero-order valence-electron chi connectivity index (χ0n) is 5.79. The molecule has 0 saturated carbocycles. The smallest absolute Gasteiger partial charge is 0.199 e. The summed E-state index contributed by atoms with van der Waals surface area (Å²) in [5, 5.41) is 11.1. The molecule has 54 valence electrons. The van der Waals surface area contributed by atoms with E-state index >= 15 is 0 Å². The zero-order chi connectivity index (χ0) is 7.28. The molecule has 0 amide bonds. The van der Waals surface area contributed by atoms with Crippen LogP contribution in [0.15, 0.2) is 5.16 Å². The van der Waals surface area contributed by atoms with Crippen molar-refractivity contribution in [2.75, 3.05) is 14.2 Å². The first kappa shape index (κ1) is 8.39. The average Bonchev–Trinajstić information content (AvgIpc) is 1.90. The fourth-order valence-corrected chi connectivity index (χ4v) is 0.484. The Balaban J connectivity index is 3.79. The van der Waals surface area contributed by atoms with E-state index in [-0.39, 0.29) is 0 Å². The van der Waals surface area contributed by atoms with Crippen LogP contribution < -0.4 is 0 Å². The number of ether oxygens (including phenoxy) is 2. The molecule has 4 nitrogen and oxygen atoms in total. The molecule has 0 heterocycles. The van der Waals surface area contributed by atoms with E-state index in [0.29, 0.717) is 5.71 Å². The highest BCUT2D eigenvalue weighted by atomic mass is 16.7. The lowest BCUT2D eigenvalue weighted by Gasteiger charge is -2.10. The Hall–Kier alpha value is -0.610. The van der Waals surface area contributed by atoms with Crippen molar-refractivity contribution < 1.29 is 14.7 Å². The Morgan fingerprint density at radius 2 is 1.89 bits per heavy atom. The summed E-state index contributed by atoms with van der Waals surface area (Å²) in [6.07, 6.45) is -0.532. The normalized spacial score (nSPS) is 12.7. The molecule has 0 aliphatic carbocycles. The lowest BCUT2D eigenvalue weighted by atomic mass is 10.4. The molecular formula is C5H11NO3. The molecule has 0 rings (SSSR count). The quantitative estimate of drug-likeness (QED) is 0.263. The molecule has 0 radical (unpaired) electrons. The zero-order valence-corrected chi connectivity index (χ0v) is 5.79. The topological polar surface area (TPSA) is 51.0 Å². The van der Waals surface area contributed by atoms with E-state index in [1.165, 1.54) is 14.2 Å². The molecule has 0 aromatic rings. The summed E-state index contributed by atoms with van der Waals surface area (Å²) >= 11 is 0. The van der Waals surface area contributed by atoms with E-state index in [9.17, 15) is 0 Å². The molecule has 0 unspecified atom stereocenters. The molecule has 0 atom stereocenters. The SMILES string of the molecule is COC(OC)/C(C)=N/O. The van der Waals surface area contributed by atoms with Crippen molar-refractivity contribution in [3.8, 4) is 0 Å². The lowest BCUT2D eigenvalue weighted by molar-refractivity contribution is -0.0538. The van der Waals surface area contributed by atoms with Crippen molar-refractivity contribution in [3.05, 3.63) is 0 Å². The fraction of sp³-hybridized carbons (Fsp3) is 0.800. The van der Waals surface area contributed by atoms with Gasteiger partial charge in [0.1, 0.15) is 5.71 Å². The van der Waals surface area contributed by atoms with Crippen LogP contribution in [0.1, 0.15) is 6.92 Å². The van der Waals surface area contributed by atoms with Gasteiger partial charge in [-0.15, -0.1) is 0 Å². The van der Waals surface area contributed by atoms with E-state index < -0.39 is 6.29 Å². The minimum atomic E-state index is -0.532. The number of methoxy groups -OCH3 is 2. The first-order valence-corrected chi connectivity index (χ1v) is 2.50. The molecule has 9 heavy (non-hydrogen) atoms. The van der Waals surface area contributed by atoms with Crippen LogP contribution in [0.4, 0.5) is 0 Å². The van der Waals surface area contributed by atoms with Crippen LogP contribution in [0.25, 0.3) is 0 Å². The van der Waals surface area contributed by atoms with Gasteiger partial charge in [-0.2, -0.15) is 0 Å². The molecule has 0 bridgehead atoms. The Morgan fingerprint density at radius 1 is 1.44 bits per heavy atom. The molecule has 0 saturated heterocycles. The molecule has 0 aliphatic heterocycles. The second kappa shape index (κ2) is 4.29. The van der Waals surface area contributed by atoms with Gasteiger partial charge >= 0.3 is 0 Å². The van der Waals surface area contributed by atoms with Crippen LogP contribution >= 0.6 is 0 Å². The van der Waals surface area contributed by atoms with E-state index in [2.05, 4.69) is 5.16 Å². The van der Waals surface area contributed by atoms with Crippen molar-refractivity contribution in [1.82, 2.24) is 0 Å². The minimum absolute atomic E-state index is 0.403. The second-order valence-corrected chi connectivity index (χ2v) is 1.54. The molecule has 0 aromatic carbocycles. The number of nitrogens with zero attached hydrogens (tertiary/aromatic N) is 1. The Kier molecular flexibility index (Phi) is 4.00. The molecule has 0 fully saturated rings. The van der Waals surface area contributed by atoms with Gasteiger partial charge in [0.25, 0.3) is 0 Å². The van der Waals surface area contributed by atoms with Gasteiger partial charge in [0, 0.05) is 14.2 Å². The molecule has 4 heteroatoms. The first-order chi connectivity index (χ1) is 4.26. The van der Waals surface area contributed by atoms with E-state index in [1.54, 1.807) is 6.92 Å². The van der Waals surface area contributed by atoms with E-state index in [1.807, 2.05) is 0 Å². The van der Waals surface area contributed by atoms with Gasteiger partial charge in [0.2, 0.25) is 0 Å². The van der Waals surface area contributed by atoms with Crippen LogP contribution in [-0.2, 0) is 9.47 Å². The van der Waals surface area contributed by atoms with Gasteiger partial charge in [-0.1, -0.05) is 5.16 Å². The minimum Gasteiger partial charge on any atom is -0.411 e. The third-order valence-corrected chi connectivity index (χ3v) is 0.927. The number of hydrogen-bond acceptors (Lipinski definition) is 4. The van der Waals surface area contributed by atoms with Crippen molar-refractivity contribution in [1.29, 1.82) is 0 Å². The Morgan fingerprint density at radius 3 is 2.00 bits per heavy atom. The van der Waals surface area contributed by atoms with Crippen LogP contribution in [-0.4, -0.2) is 31.4 Å². The van der Waals surface area contributed by atoms with Crippen molar-refractivity contribution in [3.63, 3.8) is 0 Å². The number of oxime groups is 1. The van der Waals surface area contributed by atoms with Gasteiger partial charge < -0.3 is 14.7 Å². The summed E-state index contributed by atoms with van der Waals surface area (Å²) < 4.78 is 9.48. The third-order valence-electron chi connectivity index (χ3n) is 0.927. The fourth-order valence-electron chi connectivity index (χ4n) is 0.484. The standard InChI is InChI=1S/C5H11NO3/c1-4(6-7)5(8-2)9-3/h5,7H,1-3H3/b6-4+. The Bertz CT molecular complexity index is 98.4. The molecule has 0 aromatic heterocycles. The highest BCUT2D eigenvalue weighted by molar-refractivity contribution is 5.84. The molecule has 0 aliphatic rings. The highest BCUT2D eigenvalue weighted by Crippen LogP contribution is 1.92. The first-order valence-electron chi connectivity index (χ1n) is 2.50. The predicted octanol–water partition coefficient (Wildman–Crippen LogP) is 0.455. The van der Waals surface area contributed by atoms with Gasteiger partial charge in [-0.25, -0.2) is 0 Å². The second-order valence-electron chi connectivity index (χ2n) is 1.54. The van der Waals surface area contributed by atoms with Crippen molar-refractivity contribution >= 4 is 5.71 Å². The lowest BCUT2D eigenvalue weighted by Crippen LogP contribution is -2.22. The van der Waals surface area contributed by atoms with Gasteiger partial charge in [-0.05, 0) is 6.92 Å². The van der Waals surface area contributed by atoms with Crippen LogP contribution in [0.2, 0.25) is 0 Å². The van der Waals surface area contributed by atoms with Gasteiger partial charge in [0.05, 0.1) is 0 Å². The maximum Gasteiger partial charge on any atom is 0.199 e. The van der Waals surface area contributed by atoms with Crippen molar-refractivity contribution in [2.24, 2.45) is 5.16 Å². The maximum absolute atomic E-state index is 8.20. The maximum atomic E-state index is 8.20. The average molecular weight is 133 g/mol. The van der Waals surface area contributed by atoms with Gasteiger partial charge in [0.15, 0.2) is 6.29 Å². The summed E-state index contributed by atoms with van der Waals surface area (Å²) in [7, 11) is 2.95. The molecule has 1 N–H and O–H groups in total. The summed E-state index contributed by atoms with van der Waals surface area (Å²) in [6, 6.07) is 0. The Labute approximate surface area is 54.1 Å². The van der Waals surface area contributed by atoms with Crippen molar-refractivity contribution in [2.45, 2.75) is 13.2 Å². The third kappa shape index (κ3) is 2.43. The monoisotopic (exact) mass is 133 g/mol. The van der Waals surface area contributed by atoms with Crippen LogP contribution in [0, 0.1) is 0 Å². The summed E-state index contributed by atoms with van der Waals surface area (Å²) in [6.45, 7) is 1.61. The highest BCUT2D eigenvalue weighted by Gasteiger charge is 2.07. The molecule has 0 spiro atoms. The predicted molar refractivity (Wildman–Crippen MR) is 32.7 cm³/mol. The van der Waals surface area contributed by atoms with E-state index in [0.717, 1.165) is 0 Å². The summed E-state index contributed by atoms with van der Waals surface area (Å²) in [5.41, 5.74) is 0.403. The molecular weight excluding hydrogens is 122 g/mol. The van der Waals surface area contributed by atoms with Gasteiger partial charge in [-0.3, -0.25) is 0 Å².